The molecule has 2 aliphatic carbocycles. The van der Waals surface area contributed by atoms with Gasteiger partial charge in [0, 0.05) is 6.61 Å². The summed E-state index contributed by atoms with van der Waals surface area (Å²) in [5, 5.41) is 9.59. The fourth-order valence-electron chi connectivity index (χ4n) is 8.37. The van der Waals surface area contributed by atoms with Gasteiger partial charge in [-0.05, 0) is 160 Å². The first kappa shape index (κ1) is 31.1. The highest BCUT2D eigenvalue weighted by Crippen LogP contribution is 2.46. The minimum absolute atomic E-state index is 0.327. The summed E-state index contributed by atoms with van der Waals surface area (Å²) in [5.41, 5.74) is 10.2. The van der Waals surface area contributed by atoms with Gasteiger partial charge in [0.05, 0.1) is 0 Å². The van der Waals surface area contributed by atoms with Crippen molar-refractivity contribution in [3.8, 4) is 11.1 Å². The Bertz CT molecular complexity index is 1060. The van der Waals surface area contributed by atoms with Crippen molar-refractivity contribution in [1.29, 1.82) is 0 Å². The Morgan fingerprint density at radius 1 is 0.900 bits per heavy atom. The number of hydrogen-bond donors (Lipinski definition) is 1. The van der Waals surface area contributed by atoms with Gasteiger partial charge in [-0.1, -0.05) is 68.7 Å². The third kappa shape index (κ3) is 8.12. The SMILES string of the molecule is C=C(C)CC(CCO)C1CCC(C2CCC(c3ccc(-c4ccc(CCCCC)cc4C)cc3CC)CC2)CC1. The predicted molar refractivity (Wildman–Crippen MR) is 174 cm³/mol. The van der Waals surface area contributed by atoms with E-state index >= 15 is 0 Å². The molecule has 2 aliphatic rings. The average molecular weight is 543 g/mol. The van der Waals surface area contributed by atoms with Crippen molar-refractivity contribution in [2.24, 2.45) is 23.7 Å². The number of aliphatic hydroxyl groups excluding tert-OH is 1. The van der Waals surface area contributed by atoms with Crippen LogP contribution in [0.25, 0.3) is 11.1 Å². The zero-order valence-corrected chi connectivity index (χ0v) is 26.3. The normalized spacial score (nSPS) is 24.1. The summed E-state index contributed by atoms with van der Waals surface area (Å²) < 4.78 is 0. The van der Waals surface area contributed by atoms with E-state index in [1.54, 1.807) is 11.1 Å². The molecule has 0 spiro atoms. The van der Waals surface area contributed by atoms with Gasteiger partial charge in [0.2, 0.25) is 0 Å². The van der Waals surface area contributed by atoms with Crippen molar-refractivity contribution in [1.82, 2.24) is 0 Å². The molecule has 2 aromatic rings. The van der Waals surface area contributed by atoms with Crippen molar-refractivity contribution < 1.29 is 5.11 Å². The molecule has 220 valence electrons. The molecule has 0 radical (unpaired) electrons. The lowest BCUT2D eigenvalue weighted by Crippen LogP contribution is -2.28. The summed E-state index contributed by atoms with van der Waals surface area (Å²) in [5.74, 6) is 4.03. The number of aliphatic hydroxyl groups is 1. The minimum Gasteiger partial charge on any atom is -0.396 e. The number of aryl methyl sites for hydroxylation is 3. The molecule has 0 saturated heterocycles. The van der Waals surface area contributed by atoms with E-state index < -0.39 is 0 Å². The first-order valence-electron chi connectivity index (χ1n) is 16.9. The molecule has 1 unspecified atom stereocenters. The molecule has 2 saturated carbocycles. The second kappa shape index (κ2) is 15.4. The Morgan fingerprint density at radius 2 is 1.60 bits per heavy atom. The molecule has 0 bridgehead atoms. The summed E-state index contributed by atoms with van der Waals surface area (Å²) in [4.78, 5) is 0. The van der Waals surface area contributed by atoms with Gasteiger partial charge in [0.25, 0.3) is 0 Å². The molecule has 0 amide bonds. The second-order valence-corrected chi connectivity index (χ2v) is 13.6. The third-order valence-corrected chi connectivity index (χ3v) is 10.7. The van der Waals surface area contributed by atoms with Gasteiger partial charge in [0.15, 0.2) is 0 Å². The fraction of sp³-hybridized carbons (Fsp3) is 0.641. The first-order valence-corrected chi connectivity index (χ1v) is 16.9. The molecule has 0 aromatic heterocycles. The van der Waals surface area contributed by atoms with Crippen LogP contribution in [0.5, 0.6) is 0 Å². The van der Waals surface area contributed by atoms with Crippen molar-refractivity contribution >= 4 is 0 Å². The van der Waals surface area contributed by atoms with Gasteiger partial charge < -0.3 is 5.11 Å². The first-order chi connectivity index (χ1) is 19.4. The van der Waals surface area contributed by atoms with E-state index in [1.807, 2.05) is 0 Å². The van der Waals surface area contributed by atoms with Gasteiger partial charge in [-0.2, -0.15) is 0 Å². The second-order valence-electron chi connectivity index (χ2n) is 13.6. The van der Waals surface area contributed by atoms with Crippen LogP contribution in [0.1, 0.15) is 132 Å². The summed E-state index contributed by atoms with van der Waals surface area (Å²) >= 11 is 0. The molecule has 0 heterocycles. The number of unbranched alkanes of at least 4 members (excludes halogenated alkanes) is 2. The van der Waals surface area contributed by atoms with Gasteiger partial charge in [-0.3, -0.25) is 0 Å². The maximum atomic E-state index is 9.59. The Kier molecular flexibility index (Phi) is 12.0. The summed E-state index contributed by atoms with van der Waals surface area (Å²) in [6.45, 7) is 13.6. The van der Waals surface area contributed by atoms with Crippen molar-refractivity contribution in [2.75, 3.05) is 6.61 Å². The Labute approximate surface area is 246 Å². The van der Waals surface area contributed by atoms with E-state index in [1.165, 1.54) is 105 Å². The van der Waals surface area contributed by atoms with Crippen molar-refractivity contribution in [2.45, 2.75) is 130 Å². The predicted octanol–water partition coefficient (Wildman–Crippen LogP) is 11.0. The fourth-order valence-corrected chi connectivity index (χ4v) is 8.37. The lowest BCUT2D eigenvalue weighted by molar-refractivity contribution is 0.121. The van der Waals surface area contributed by atoms with Gasteiger partial charge >= 0.3 is 0 Å². The molecule has 2 aromatic carbocycles. The molecule has 4 rings (SSSR count). The van der Waals surface area contributed by atoms with E-state index in [2.05, 4.69) is 70.7 Å². The van der Waals surface area contributed by atoms with Crippen LogP contribution in [0.2, 0.25) is 0 Å². The van der Waals surface area contributed by atoms with Crippen LogP contribution in [0.4, 0.5) is 0 Å². The Balaban J connectivity index is 1.33. The van der Waals surface area contributed by atoms with Gasteiger partial charge in [-0.15, -0.1) is 6.58 Å². The minimum atomic E-state index is 0.327. The third-order valence-electron chi connectivity index (χ3n) is 10.7. The van der Waals surface area contributed by atoms with E-state index in [0.29, 0.717) is 12.5 Å². The topological polar surface area (TPSA) is 20.2 Å². The van der Waals surface area contributed by atoms with Crippen LogP contribution in [0.3, 0.4) is 0 Å². The molecule has 1 atom stereocenters. The molecule has 1 heteroatoms. The van der Waals surface area contributed by atoms with Crippen LogP contribution in [-0.4, -0.2) is 11.7 Å². The summed E-state index contributed by atoms with van der Waals surface area (Å²) in [6, 6.07) is 14.6. The van der Waals surface area contributed by atoms with Crippen LogP contribution in [0.15, 0.2) is 48.6 Å². The lowest BCUT2D eigenvalue weighted by atomic mass is 9.65. The molecule has 2 fully saturated rings. The maximum Gasteiger partial charge on any atom is 0.0433 e. The van der Waals surface area contributed by atoms with E-state index in [9.17, 15) is 5.11 Å². The standard InChI is InChI=1S/C39H58O/c1-6-8-9-10-30-11-21-38(29(5)26-30)37-20-22-39(31(7-2)27-37)35-18-16-33(17-19-35)32-12-14-34(15-13-32)36(23-24-40)25-28(3)4/h11,20-22,26-27,32-36,40H,3,6-10,12-19,23-25H2,1-2,4-5H3. The quantitative estimate of drug-likeness (QED) is 0.197. The van der Waals surface area contributed by atoms with E-state index in [4.69, 9.17) is 0 Å². The van der Waals surface area contributed by atoms with Crippen LogP contribution in [-0.2, 0) is 12.8 Å². The summed E-state index contributed by atoms with van der Waals surface area (Å²) in [6.07, 6.45) is 19.4. The number of benzene rings is 2. The van der Waals surface area contributed by atoms with Crippen LogP contribution in [0, 0.1) is 30.6 Å². The van der Waals surface area contributed by atoms with Gasteiger partial charge in [-0.25, -0.2) is 0 Å². The van der Waals surface area contributed by atoms with Crippen molar-refractivity contribution in [3.05, 3.63) is 70.8 Å². The number of allylic oxidation sites excluding steroid dienone is 1. The lowest BCUT2D eigenvalue weighted by Gasteiger charge is -2.40. The molecule has 1 nitrogen and oxygen atoms in total. The van der Waals surface area contributed by atoms with Gasteiger partial charge in [0.1, 0.15) is 0 Å². The Morgan fingerprint density at radius 3 is 2.20 bits per heavy atom. The molecular formula is C39H58O. The smallest absolute Gasteiger partial charge is 0.0433 e. The largest absolute Gasteiger partial charge is 0.396 e. The highest BCUT2D eigenvalue weighted by atomic mass is 16.3. The van der Waals surface area contributed by atoms with Crippen LogP contribution >= 0.6 is 0 Å². The highest BCUT2D eigenvalue weighted by Gasteiger charge is 2.33. The molecule has 0 aliphatic heterocycles. The van der Waals surface area contributed by atoms with Crippen molar-refractivity contribution in [3.63, 3.8) is 0 Å². The molecular weight excluding hydrogens is 484 g/mol. The zero-order chi connectivity index (χ0) is 28.5. The highest BCUT2D eigenvalue weighted by molar-refractivity contribution is 5.69. The van der Waals surface area contributed by atoms with E-state index in [0.717, 1.165) is 42.9 Å². The number of rotatable bonds is 13. The monoisotopic (exact) mass is 542 g/mol. The Hall–Kier alpha value is -1.86. The maximum absolute atomic E-state index is 9.59. The van der Waals surface area contributed by atoms with E-state index in [-0.39, 0.29) is 0 Å². The van der Waals surface area contributed by atoms with Crippen LogP contribution < -0.4 is 0 Å². The molecule has 1 N–H and O–H groups in total. The summed E-state index contributed by atoms with van der Waals surface area (Å²) in [7, 11) is 0. The average Bonchev–Trinajstić information content (AvgIpc) is 2.97. The molecule has 40 heavy (non-hydrogen) atoms. The zero-order valence-electron chi connectivity index (χ0n) is 26.3. The number of hydrogen-bond acceptors (Lipinski definition) is 1.